The number of rotatable bonds is 1. The first-order chi connectivity index (χ1) is 7.65. The molecular weight excluding hydrogens is 198 g/mol. The van der Waals surface area contributed by atoms with Gasteiger partial charge in [0.25, 0.3) is 5.91 Å². The molecule has 1 aromatic rings. The first kappa shape index (κ1) is 17.1. The van der Waals surface area contributed by atoms with Crippen LogP contribution < -0.4 is 5.32 Å². The molecule has 0 aromatic heterocycles. The van der Waals surface area contributed by atoms with Crippen molar-refractivity contribution in [2.75, 3.05) is 7.05 Å². The predicted molar refractivity (Wildman–Crippen MR) is 72.0 cm³/mol. The molecule has 0 spiro atoms. The normalized spacial score (nSPS) is 7.94. The average molecular weight is 223 g/mol. The Labute approximate surface area is 100 Å². The van der Waals surface area contributed by atoms with Gasteiger partial charge in [-0.3, -0.25) is 4.79 Å². The second-order valence-electron chi connectivity index (χ2n) is 2.90. The number of carbonyl (C=O) groups excluding carboxylic acids is 1. The summed E-state index contributed by atoms with van der Waals surface area (Å²) < 4.78 is 0. The number of amides is 1. The van der Waals surface area contributed by atoms with E-state index >= 15 is 0 Å². The molecule has 2 heteroatoms. The molecule has 0 fully saturated rings. The summed E-state index contributed by atoms with van der Waals surface area (Å²) in [5.41, 5.74) is 2.96. The first-order valence-electron chi connectivity index (χ1n) is 5.94. The van der Waals surface area contributed by atoms with E-state index in [1.54, 1.807) is 7.05 Å². The highest BCUT2D eigenvalue weighted by Crippen LogP contribution is 2.09. The molecule has 0 aliphatic heterocycles. The van der Waals surface area contributed by atoms with Crippen molar-refractivity contribution >= 4 is 5.91 Å². The van der Waals surface area contributed by atoms with E-state index in [1.807, 2.05) is 59.7 Å². The van der Waals surface area contributed by atoms with Crippen molar-refractivity contribution in [3.8, 4) is 0 Å². The largest absolute Gasteiger partial charge is 0.355 e. The van der Waals surface area contributed by atoms with Gasteiger partial charge >= 0.3 is 0 Å². The van der Waals surface area contributed by atoms with E-state index in [9.17, 15) is 4.79 Å². The SMILES string of the molecule is CC.CC.CNC(=O)c1ccc(C)cc1C. The summed E-state index contributed by atoms with van der Waals surface area (Å²) in [7, 11) is 1.64. The van der Waals surface area contributed by atoms with Gasteiger partial charge in [-0.1, -0.05) is 45.4 Å². The average Bonchev–Trinajstić information content (AvgIpc) is 2.33. The summed E-state index contributed by atoms with van der Waals surface area (Å²) >= 11 is 0. The van der Waals surface area contributed by atoms with Crippen LogP contribution >= 0.6 is 0 Å². The van der Waals surface area contributed by atoms with Crippen LogP contribution in [-0.2, 0) is 0 Å². The van der Waals surface area contributed by atoms with Crippen LogP contribution in [0.15, 0.2) is 18.2 Å². The minimum atomic E-state index is -0.0208. The van der Waals surface area contributed by atoms with Crippen LogP contribution in [0.2, 0.25) is 0 Å². The van der Waals surface area contributed by atoms with Crippen LogP contribution in [0, 0.1) is 13.8 Å². The zero-order valence-corrected chi connectivity index (χ0v) is 11.6. The standard InChI is InChI=1S/C10H13NO.2C2H6/c1-7-4-5-9(8(2)6-7)10(12)11-3;2*1-2/h4-6H,1-3H3,(H,11,12);2*1-2H3. The Morgan fingerprint density at radius 3 is 1.94 bits per heavy atom. The number of aryl methyl sites for hydroxylation is 2. The summed E-state index contributed by atoms with van der Waals surface area (Å²) in [4.78, 5) is 11.2. The monoisotopic (exact) mass is 223 g/mol. The van der Waals surface area contributed by atoms with Gasteiger partial charge in [0.1, 0.15) is 0 Å². The maximum absolute atomic E-state index is 11.2. The van der Waals surface area contributed by atoms with Gasteiger partial charge in [0.2, 0.25) is 0 Å². The van der Waals surface area contributed by atoms with Crippen LogP contribution in [0.25, 0.3) is 0 Å². The molecule has 0 bridgehead atoms. The van der Waals surface area contributed by atoms with Gasteiger partial charge in [-0.05, 0) is 25.5 Å². The van der Waals surface area contributed by atoms with Gasteiger partial charge in [0, 0.05) is 12.6 Å². The number of hydrogen-bond donors (Lipinski definition) is 1. The molecular formula is C14H25NO. The van der Waals surface area contributed by atoms with Crippen molar-refractivity contribution in [1.29, 1.82) is 0 Å². The molecule has 0 unspecified atom stereocenters. The van der Waals surface area contributed by atoms with Gasteiger partial charge in [0.05, 0.1) is 0 Å². The maximum atomic E-state index is 11.2. The summed E-state index contributed by atoms with van der Waals surface area (Å²) in [5, 5.41) is 2.60. The van der Waals surface area contributed by atoms with Crippen molar-refractivity contribution < 1.29 is 4.79 Å². The van der Waals surface area contributed by atoms with Crippen LogP contribution in [0.1, 0.15) is 49.2 Å². The lowest BCUT2D eigenvalue weighted by Gasteiger charge is -2.04. The van der Waals surface area contributed by atoms with Crippen LogP contribution in [-0.4, -0.2) is 13.0 Å². The molecule has 1 rings (SSSR count). The number of carbonyl (C=O) groups is 1. The molecule has 16 heavy (non-hydrogen) atoms. The highest BCUT2D eigenvalue weighted by atomic mass is 16.1. The zero-order chi connectivity index (χ0) is 13.1. The number of benzene rings is 1. The summed E-state index contributed by atoms with van der Waals surface area (Å²) in [6, 6.07) is 5.80. The maximum Gasteiger partial charge on any atom is 0.251 e. The summed E-state index contributed by atoms with van der Waals surface area (Å²) in [6.07, 6.45) is 0. The van der Waals surface area contributed by atoms with E-state index < -0.39 is 0 Å². The third-order valence-corrected chi connectivity index (χ3v) is 1.85. The number of hydrogen-bond acceptors (Lipinski definition) is 1. The van der Waals surface area contributed by atoms with E-state index in [-0.39, 0.29) is 5.91 Å². The molecule has 0 saturated heterocycles. The number of nitrogens with one attached hydrogen (secondary N) is 1. The van der Waals surface area contributed by atoms with Crippen molar-refractivity contribution in [3.05, 3.63) is 34.9 Å². The third-order valence-electron chi connectivity index (χ3n) is 1.85. The first-order valence-corrected chi connectivity index (χ1v) is 5.94. The molecule has 0 aliphatic rings. The molecule has 1 N–H and O–H groups in total. The Kier molecular flexibility index (Phi) is 10.9. The van der Waals surface area contributed by atoms with Crippen molar-refractivity contribution in [1.82, 2.24) is 5.32 Å². The van der Waals surface area contributed by atoms with E-state index in [4.69, 9.17) is 0 Å². The van der Waals surface area contributed by atoms with Crippen molar-refractivity contribution in [3.63, 3.8) is 0 Å². The van der Waals surface area contributed by atoms with Gasteiger partial charge < -0.3 is 5.32 Å². The van der Waals surface area contributed by atoms with Crippen molar-refractivity contribution in [2.45, 2.75) is 41.5 Å². The highest BCUT2D eigenvalue weighted by molar-refractivity contribution is 5.95. The Hall–Kier alpha value is -1.31. The molecule has 1 aromatic carbocycles. The van der Waals surface area contributed by atoms with E-state index in [2.05, 4.69) is 5.32 Å². The molecule has 0 atom stereocenters. The van der Waals surface area contributed by atoms with Crippen LogP contribution in [0.5, 0.6) is 0 Å². The van der Waals surface area contributed by atoms with Crippen LogP contribution in [0.4, 0.5) is 0 Å². The predicted octanol–water partition coefficient (Wildman–Crippen LogP) is 3.72. The highest BCUT2D eigenvalue weighted by Gasteiger charge is 2.05. The quantitative estimate of drug-likeness (QED) is 0.772. The lowest BCUT2D eigenvalue weighted by molar-refractivity contribution is 0.0962. The molecule has 2 nitrogen and oxygen atoms in total. The molecule has 0 aliphatic carbocycles. The fourth-order valence-electron chi connectivity index (χ4n) is 1.20. The van der Waals surface area contributed by atoms with Crippen LogP contribution in [0.3, 0.4) is 0 Å². The topological polar surface area (TPSA) is 29.1 Å². The molecule has 0 heterocycles. The van der Waals surface area contributed by atoms with Gasteiger partial charge in [-0.25, -0.2) is 0 Å². The summed E-state index contributed by atoms with van der Waals surface area (Å²) in [5.74, 6) is -0.0208. The Morgan fingerprint density at radius 1 is 1.06 bits per heavy atom. The van der Waals surface area contributed by atoms with Gasteiger partial charge in [0.15, 0.2) is 0 Å². The molecule has 0 radical (unpaired) electrons. The summed E-state index contributed by atoms with van der Waals surface area (Å²) in [6.45, 7) is 12.0. The lowest BCUT2D eigenvalue weighted by Crippen LogP contribution is -2.18. The van der Waals surface area contributed by atoms with E-state index in [0.717, 1.165) is 11.1 Å². The second-order valence-corrected chi connectivity index (χ2v) is 2.90. The van der Waals surface area contributed by atoms with Crippen molar-refractivity contribution in [2.24, 2.45) is 0 Å². The van der Waals surface area contributed by atoms with Gasteiger partial charge in [-0.2, -0.15) is 0 Å². The fraction of sp³-hybridized carbons (Fsp3) is 0.500. The lowest BCUT2D eigenvalue weighted by atomic mass is 10.1. The second kappa shape index (κ2) is 10.2. The Bertz CT molecular complexity index is 306. The minimum Gasteiger partial charge on any atom is -0.355 e. The Balaban J connectivity index is 0. The molecule has 92 valence electrons. The Morgan fingerprint density at radius 2 is 1.56 bits per heavy atom. The smallest absolute Gasteiger partial charge is 0.251 e. The minimum absolute atomic E-state index is 0.0208. The third kappa shape index (κ3) is 5.54. The zero-order valence-electron chi connectivity index (χ0n) is 11.6. The molecule has 0 saturated carbocycles. The van der Waals surface area contributed by atoms with E-state index in [1.165, 1.54) is 5.56 Å². The van der Waals surface area contributed by atoms with Gasteiger partial charge in [-0.15, -0.1) is 0 Å². The fourth-order valence-corrected chi connectivity index (χ4v) is 1.20. The molecule has 1 amide bonds. The van der Waals surface area contributed by atoms with E-state index in [0.29, 0.717) is 0 Å².